The first-order valence-electron chi connectivity index (χ1n) is 14.6. The molecule has 2 amide bonds. The van der Waals surface area contributed by atoms with Gasteiger partial charge in [0.25, 0.3) is 0 Å². The number of benzene rings is 1. The largest absolute Gasteiger partial charge is 0.369 e. The molecule has 0 spiro atoms. The molecule has 0 saturated heterocycles. The van der Waals surface area contributed by atoms with Gasteiger partial charge in [0.2, 0.25) is 17.8 Å². The number of unbranched alkanes of at least 4 members (excludes halogenated alkanes) is 3. The first-order valence-corrected chi connectivity index (χ1v) is 14.6. The van der Waals surface area contributed by atoms with Crippen LogP contribution in [0.1, 0.15) is 63.5 Å². The number of nitrogens with one attached hydrogen (secondary N) is 3. The van der Waals surface area contributed by atoms with Gasteiger partial charge in [0.1, 0.15) is 5.82 Å². The average Bonchev–Trinajstić information content (AvgIpc) is 2.98. The fraction of sp³-hybridized carbons (Fsp3) is 0.469. The summed E-state index contributed by atoms with van der Waals surface area (Å²) in [7, 11) is 3.88. The van der Waals surface area contributed by atoms with Crippen LogP contribution in [0.4, 0.5) is 17.5 Å². The summed E-state index contributed by atoms with van der Waals surface area (Å²) in [6.45, 7) is 6.70. The molecule has 42 heavy (non-hydrogen) atoms. The molecule has 10 heteroatoms. The SMILES string of the molecule is CCCCCN(CC(=O)NCCCC#Cc1cnc(Nc2ccc(C#N)cc2)nc1NCCC)C(=O)/C=C/CN(C)C. The maximum atomic E-state index is 12.6. The van der Waals surface area contributed by atoms with Gasteiger partial charge in [-0.3, -0.25) is 9.59 Å². The number of aromatic nitrogens is 2. The van der Waals surface area contributed by atoms with E-state index in [2.05, 4.69) is 57.7 Å². The minimum Gasteiger partial charge on any atom is -0.369 e. The van der Waals surface area contributed by atoms with E-state index in [1.807, 2.05) is 25.1 Å². The Labute approximate surface area is 250 Å². The number of nitrogens with zero attached hydrogens (tertiary/aromatic N) is 5. The second kappa shape index (κ2) is 19.6. The lowest BCUT2D eigenvalue weighted by Gasteiger charge is -2.21. The number of amides is 2. The van der Waals surface area contributed by atoms with Crippen molar-refractivity contribution in [2.24, 2.45) is 0 Å². The Hall–Kier alpha value is -4.41. The Morgan fingerprint density at radius 2 is 1.83 bits per heavy atom. The molecule has 0 aliphatic heterocycles. The van der Waals surface area contributed by atoms with Crippen LogP contribution < -0.4 is 16.0 Å². The number of rotatable bonds is 17. The van der Waals surface area contributed by atoms with Crippen LogP contribution in [0, 0.1) is 23.2 Å². The van der Waals surface area contributed by atoms with Crippen molar-refractivity contribution in [3.8, 4) is 17.9 Å². The maximum absolute atomic E-state index is 12.6. The molecule has 1 aromatic heterocycles. The van der Waals surface area contributed by atoms with Gasteiger partial charge in [0, 0.05) is 44.4 Å². The summed E-state index contributed by atoms with van der Waals surface area (Å²) < 4.78 is 0. The summed E-state index contributed by atoms with van der Waals surface area (Å²) in [5.41, 5.74) is 2.06. The maximum Gasteiger partial charge on any atom is 0.246 e. The minimum absolute atomic E-state index is 0.0488. The van der Waals surface area contributed by atoms with Gasteiger partial charge in [-0.25, -0.2) is 4.98 Å². The molecule has 1 aromatic carbocycles. The molecule has 0 radical (unpaired) electrons. The van der Waals surface area contributed by atoms with Crippen molar-refractivity contribution in [2.45, 2.75) is 52.4 Å². The first kappa shape index (κ1) is 33.8. The Bertz CT molecular complexity index is 1260. The molecular formula is C32H44N8O2. The lowest BCUT2D eigenvalue weighted by Crippen LogP contribution is -2.40. The van der Waals surface area contributed by atoms with Crippen LogP contribution in [0.2, 0.25) is 0 Å². The van der Waals surface area contributed by atoms with Crippen LogP contribution in [-0.2, 0) is 9.59 Å². The van der Waals surface area contributed by atoms with Crippen molar-refractivity contribution in [3.05, 3.63) is 53.7 Å². The van der Waals surface area contributed by atoms with Crippen LogP contribution >= 0.6 is 0 Å². The molecule has 0 aliphatic carbocycles. The van der Waals surface area contributed by atoms with E-state index in [1.165, 1.54) is 0 Å². The Morgan fingerprint density at radius 3 is 2.52 bits per heavy atom. The second-order valence-corrected chi connectivity index (χ2v) is 10.1. The summed E-state index contributed by atoms with van der Waals surface area (Å²) in [5, 5.41) is 18.3. The van der Waals surface area contributed by atoms with Gasteiger partial charge in [-0.15, -0.1) is 0 Å². The first-order chi connectivity index (χ1) is 20.4. The van der Waals surface area contributed by atoms with Crippen molar-refractivity contribution in [2.75, 3.05) is 57.5 Å². The molecule has 0 bridgehead atoms. The standard InChI is InChI=1S/C32H44N8O2/c1-5-7-11-22-40(30(42)14-12-21-39(3)4)25-29(41)34-20-10-8-9-13-27-24-36-32(38-31(27)35-19-6-2)37-28-17-15-26(23-33)16-18-28/h12,14-18,24H,5-8,10-11,19-22,25H2,1-4H3,(H,34,41)(H2,35,36,37,38)/b14-12+. The molecule has 0 aliphatic rings. The van der Waals surface area contributed by atoms with E-state index in [-0.39, 0.29) is 18.4 Å². The summed E-state index contributed by atoms with van der Waals surface area (Å²) >= 11 is 0. The van der Waals surface area contributed by atoms with Crippen LogP contribution in [0.15, 0.2) is 42.6 Å². The summed E-state index contributed by atoms with van der Waals surface area (Å²) in [4.78, 5) is 37.7. The van der Waals surface area contributed by atoms with Gasteiger partial charge in [-0.1, -0.05) is 44.6 Å². The number of nitriles is 1. The van der Waals surface area contributed by atoms with Crippen LogP contribution in [-0.4, -0.2) is 78.4 Å². The molecule has 0 fully saturated rings. The number of likely N-dealkylation sites (N-methyl/N-ethyl adjacent to an activating group) is 1. The quantitative estimate of drug-likeness (QED) is 0.146. The van der Waals surface area contributed by atoms with Crippen LogP contribution in [0.5, 0.6) is 0 Å². The summed E-state index contributed by atoms with van der Waals surface area (Å²) in [6.07, 6.45) is 10.2. The van der Waals surface area contributed by atoms with E-state index in [9.17, 15) is 9.59 Å². The van der Waals surface area contributed by atoms with Gasteiger partial charge in [-0.2, -0.15) is 10.2 Å². The zero-order valence-electron chi connectivity index (χ0n) is 25.4. The van der Waals surface area contributed by atoms with Crippen LogP contribution in [0.3, 0.4) is 0 Å². The number of hydrogen-bond acceptors (Lipinski definition) is 8. The third kappa shape index (κ3) is 13.3. The van der Waals surface area contributed by atoms with Crippen molar-refractivity contribution in [1.82, 2.24) is 25.1 Å². The van der Waals surface area contributed by atoms with Gasteiger partial charge in [0.05, 0.1) is 29.9 Å². The van der Waals surface area contributed by atoms with E-state index in [1.54, 1.807) is 41.4 Å². The fourth-order valence-corrected chi connectivity index (χ4v) is 3.75. The third-order valence-electron chi connectivity index (χ3n) is 6.03. The van der Waals surface area contributed by atoms with E-state index in [0.717, 1.165) is 37.9 Å². The second-order valence-electron chi connectivity index (χ2n) is 10.1. The minimum atomic E-state index is -0.168. The molecular weight excluding hydrogens is 528 g/mol. The highest BCUT2D eigenvalue weighted by Gasteiger charge is 2.14. The molecule has 0 unspecified atom stereocenters. The van der Waals surface area contributed by atoms with E-state index < -0.39 is 0 Å². The number of anilines is 3. The highest BCUT2D eigenvalue weighted by molar-refractivity contribution is 5.91. The number of hydrogen-bond donors (Lipinski definition) is 3. The smallest absolute Gasteiger partial charge is 0.246 e. The van der Waals surface area contributed by atoms with Gasteiger partial charge in [-0.05, 0) is 57.6 Å². The Kier molecular flexibility index (Phi) is 15.8. The van der Waals surface area contributed by atoms with Crippen LogP contribution in [0.25, 0.3) is 0 Å². The molecule has 3 N–H and O–H groups in total. The van der Waals surface area contributed by atoms with Crippen molar-refractivity contribution in [3.63, 3.8) is 0 Å². The number of carbonyl (C=O) groups excluding carboxylic acids is 2. The molecule has 2 rings (SSSR count). The summed E-state index contributed by atoms with van der Waals surface area (Å²) in [5.74, 6) is 7.07. The summed E-state index contributed by atoms with van der Waals surface area (Å²) in [6, 6.07) is 9.17. The Balaban J connectivity index is 1.89. The lowest BCUT2D eigenvalue weighted by atomic mass is 10.2. The van der Waals surface area contributed by atoms with E-state index >= 15 is 0 Å². The van der Waals surface area contributed by atoms with Gasteiger partial charge < -0.3 is 25.8 Å². The molecule has 0 atom stereocenters. The third-order valence-corrected chi connectivity index (χ3v) is 6.03. The zero-order valence-corrected chi connectivity index (χ0v) is 25.4. The molecule has 2 aromatic rings. The topological polar surface area (TPSA) is 126 Å². The Morgan fingerprint density at radius 1 is 1.05 bits per heavy atom. The highest BCUT2D eigenvalue weighted by Crippen LogP contribution is 2.18. The normalized spacial score (nSPS) is 10.6. The highest BCUT2D eigenvalue weighted by atomic mass is 16.2. The fourth-order valence-electron chi connectivity index (χ4n) is 3.75. The van der Waals surface area contributed by atoms with E-state index in [4.69, 9.17) is 5.26 Å². The van der Waals surface area contributed by atoms with Crippen molar-refractivity contribution in [1.29, 1.82) is 5.26 Å². The molecule has 1 heterocycles. The van der Waals surface area contributed by atoms with Crippen molar-refractivity contribution < 1.29 is 9.59 Å². The monoisotopic (exact) mass is 572 g/mol. The average molecular weight is 573 g/mol. The molecule has 0 saturated carbocycles. The number of carbonyl (C=O) groups is 2. The van der Waals surface area contributed by atoms with Gasteiger partial charge >= 0.3 is 0 Å². The van der Waals surface area contributed by atoms with E-state index in [0.29, 0.717) is 55.4 Å². The molecule has 224 valence electrons. The predicted octanol–water partition coefficient (Wildman–Crippen LogP) is 4.30. The molecule has 10 nitrogen and oxygen atoms in total. The lowest BCUT2D eigenvalue weighted by molar-refractivity contribution is -0.132. The zero-order chi connectivity index (χ0) is 30.6. The van der Waals surface area contributed by atoms with Gasteiger partial charge in [0.15, 0.2) is 0 Å². The van der Waals surface area contributed by atoms with Crippen molar-refractivity contribution >= 4 is 29.3 Å². The predicted molar refractivity (Wildman–Crippen MR) is 168 cm³/mol.